The monoisotopic (exact) mass is 328 g/mol. The zero-order chi connectivity index (χ0) is 16.8. The molecule has 0 aromatic heterocycles. The van der Waals surface area contributed by atoms with Gasteiger partial charge in [0, 0.05) is 17.9 Å². The number of hydrogen-bond acceptors (Lipinski definition) is 5. The molecule has 1 rings (SSSR count). The van der Waals surface area contributed by atoms with Crippen LogP contribution in [0.2, 0.25) is 0 Å². The molecule has 0 aliphatic carbocycles. The lowest BCUT2D eigenvalue weighted by Crippen LogP contribution is -2.38. The number of nitrogens with one attached hydrogen (secondary N) is 1. The van der Waals surface area contributed by atoms with Crippen LogP contribution in [0.1, 0.15) is 31.1 Å². The van der Waals surface area contributed by atoms with Gasteiger partial charge in [-0.25, -0.2) is 13.9 Å². The Labute approximate surface area is 132 Å². The Morgan fingerprint density at radius 3 is 2.23 bits per heavy atom. The van der Waals surface area contributed by atoms with E-state index in [1.54, 1.807) is 0 Å². The van der Waals surface area contributed by atoms with Crippen LogP contribution in [0.15, 0.2) is 29.2 Å². The molecule has 0 spiro atoms. The summed E-state index contributed by atoms with van der Waals surface area (Å²) < 4.78 is 22.7. The number of amides is 1. The predicted molar refractivity (Wildman–Crippen MR) is 85.4 cm³/mol. The number of hydrogen-bond donors (Lipinski definition) is 1. The summed E-state index contributed by atoms with van der Waals surface area (Å²) in [6, 6.07) is 5.93. The van der Waals surface area contributed by atoms with E-state index < -0.39 is 15.7 Å². The lowest BCUT2D eigenvalue weighted by molar-refractivity contribution is 0.00672. The van der Waals surface area contributed by atoms with E-state index in [2.05, 4.69) is 24.2 Å². The maximum absolute atomic E-state index is 11.9. The molecule has 6 nitrogen and oxygen atoms in total. The average molecular weight is 328 g/mol. The van der Waals surface area contributed by atoms with Gasteiger partial charge in [-0.3, -0.25) is 14.5 Å². The molecule has 124 valence electrons. The summed E-state index contributed by atoms with van der Waals surface area (Å²) >= 11 is 0. The normalized spacial score (nSPS) is 13.1. The number of carbonyl (C=O) groups excluding carboxylic acids is 1. The molecule has 0 radical (unpaired) electrons. The number of carbonyl (C=O) groups is 1. The summed E-state index contributed by atoms with van der Waals surface area (Å²) in [5.74, 6) is -0.396. The molecule has 1 atom stereocenters. The minimum atomic E-state index is -3.26. The molecule has 0 aliphatic heterocycles. The second-order valence-electron chi connectivity index (χ2n) is 5.11. The van der Waals surface area contributed by atoms with Crippen molar-refractivity contribution in [1.82, 2.24) is 10.4 Å². The highest BCUT2D eigenvalue weighted by atomic mass is 32.2. The summed E-state index contributed by atoms with van der Waals surface area (Å²) in [4.78, 5) is 19.5. The fourth-order valence-electron chi connectivity index (χ4n) is 2.09. The van der Waals surface area contributed by atoms with Gasteiger partial charge in [0.05, 0.1) is 11.5 Å². The van der Waals surface area contributed by atoms with Crippen LogP contribution in [-0.2, 0) is 14.7 Å². The van der Waals surface area contributed by atoms with Crippen molar-refractivity contribution in [2.45, 2.75) is 31.7 Å². The Morgan fingerprint density at radius 2 is 1.77 bits per heavy atom. The van der Waals surface area contributed by atoms with Crippen molar-refractivity contribution in [3.63, 3.8) is 0 Å². The largest absolute Gasteiger partial charge is 0.299 e. The van der Waals surface area contributed by atoms with Crippen LogP contribution in [0.5, 0.6) is 0 Å². The van der Waals surface area contributed by atoms with Crippen LogP contribution in [0.25, 0.3) is 0 Å². The van der Waals surface area contributed by atoms with Gasteiger partial charge in [0.1, 0.15) is 0 Å². The highest BCUT2D eigenvalue weighted by Gasteiger charge is 2.12. The smallest absolute Gasteiger partial charge is 0.274 e. The standard InChI is InChI=1S/C15H24N2O4S/c1-5-17(6-2)12(3)11-21-16-15(18)13-7-9-14(10-8-13)22(4,19)20/h7-10,12H,5-6,11H2,1-4H3,(H,16,18). The highest BCUT2D eigenvalue weighted by Crippen LogP contribution is 2.10. The number of sulfone groups is 1. The first-order chi connectivity index (χ1) is 10.3. The highest BCUT2D eigenvalue weighted by molar-refractivity contribution is 7.90. The molecule has 0 heterocycles. The molecule has 1 amide bonds. The third-order valence-electron chi connectivity index (χ3n) is 3.47. The van der Waals surface area contributed by atoms with Crippen molar-refractivity contribution in [3.8, 4) is 0 Å². The van der Waals surface area contributed by atoms with Gasteiger partial charge >= 0.3 is 0 Å². The summed E-state index contributed by atoms with van der Waals surface area (Å²) in [5, 5.41) is 0. The van der Waals surface area contributed by atoms with Crippen molar-refractivity contribution in [2.24, 2.45) is 0 Å². The minimum absolute atomic E-state index is 0.181. The number of hydroxylamine groups is 1. The molecule has 1 aromatic rings. The van der Waals surface area contributed by atoms with Gasteiger partial charge in [-0.1, -0.05) is 13.8 Å². The number of rotatable bonds is 8. The van der Waals surface area contributed by atoms with Gasteiger partial charge in [0.25, 0.3) is 5.91 Å². The van der Waals surface area contributed by atoms with Gasteiger partial charge in [-0.2, -0.15) is 0 Å². The second-order valence-corrected chi connectivity index (χ2v) is 7.12. The van der Waals surface area contributed by atoms with Crippen LogP contribution in [0, 0.1) is 0 Å². The molecule has 1 N–H and O–H groups in total. The topological polar surface area (TPSA) is 75.7 Å². The number of likely N-dealkylation sites (N-methyl/N-ethyl adjacent to an activating group) is 1. The molecule has 1 aromatic carbocycles. The van der Waals surface area contributed by atoms with Crippen molar-refractivity contribution >= 4 is 15.7 Å². The van der Waals surface area contributed by atoms with E-state index in [1.807, 2.05) is 6.92 Å². The van der Waals surface area contributed by atoms with Crippen molar-refractivity contribution in [1.29, 1.82) is 0 Å². The summed E-state index contributed by atoms with van der Waals surface area (Å²) in [6.45, 7) is 8.39. The Hall–Kier alpha value is -1.44. The molecule has 0 saturated heterocycles. The van der Waals surface area contributed by atoms with Crippen LogP contribution in [-0.4, -0.2) is 51.2 Å². The third kappa shape index (κ3) is 5.40. The molecule has 1 unspecified atom stereocenters. The number of nitrogens with zero attached hydrogens (tertiary/aromatic N) is 1. The Balaban J connectivity index is 2.53. The first-order valence-electron chi connectivity index (χ1n) is 7.25. The fourth-order valence-corrected chi connectivity index (χ4v) is 2.72. The second kappa shape index (κ2) is 8.26. The zero-order valence-electron chi connectivity index (χ0n) is 13.5. The molecule has 22 heavy (non-hydrogen) atoms. The van der Waals surface area contributed by atoms with Gasteiger partial charge in [-0.15, -0.1) is 0 Å². The zero-order valence-corrected chi connectivity index (χ0v) is 14.3. The van der Waals surface area contributed by atoms with Gasteiger partial charge in [-0.05, 0) is 44.3 Å². The maximum atomic E-state index is 11.9. The Bertz CT molecular complexity index is 580. The van der Waals surface area contributed by atoms with E-state index >= 15 is 0 Å². The van der Waals surface area contributed by atoms with Gasteiger partial charge in [0.15, 0.2) is 9.84 Å². The van der Waals surface area contributed by atoms with Crippen LogP contribution >= 0.6 is 0 Å². The van der Waals surface area contributed by atoms with Crippen LogP contribution in [0.4, 0.5) is 0 Å². The molecule has 7 heteroatoms. The fraction of sp³-hybridized carbons (Fsp3) is 0.533. The molecular weight excluding hydrogens is 304 g/mol. The molecule has 0 fully saturated rings. The first kappa shape index (κ1) is 18.6. The van der Waals surface area contributed by atoms with Crippen molar-refractivity contribution < 1.29 is 18.0 Å². The minimum Gasteiger partial charge on any atom is -0.299 e. The van der Waals surface area contributed by atoms with E-state index in [-0.39, 0.29) is 10.9 Å². The Morgan fingerprint density at radius 1 is 1.23 bits per heavy atom. The van der Waals surface area contributed by atoms with Crippen LogP contribution < -0.4 is 5.48 Å². The predicted octanol–water partition coefficient (Wildman–Crippen LogP) is 1.48. The molecular formula is C15H24N2O4S. The molecule has 0 aliphatic rings. The summed E-state index contributed by atoms with van der Waals surface area (Å²) in [6.07, 6.45) is 1.12. The molecule has 0 saturated carbocycles. The van der Waals surface area contributed by atoms with E-state index in [9.17, 15) is 13.2 Å². The lowest BCUT2D eigenvalue weighted by Gasteiger charge is -2.25. The van der Waals surface area contributed by atoms with Crippen molar-refractivity contribution in [3.05, 3.63) is 29.8 Å². The third-order valence-corrected chi connectivity index (χ3v) is 4.60. The van der Waals surface area contributed by atoms with E-state index in [0.717, 1.165) is 19.3 Å². The summed E-state index contributed by atoms with van der Waals surface area (Å²) in [5.41, 5.74) is 2.73. The quantitative estimate of drug-likeness (QED) is 0.732. The molecule has 0 bridgehead atoms. The van der Waals surface area contributed by atoms with Crippen LogP contribution in [0.3, 0.4) is 0 Å². The Kier molecular flexibility index (Phi) is 6.99. The lowest BCUT2D eigenvalue weighted by atomic mass is 10.2. The van der Waals surface area contributed by atoms with Gasteiger partial charge < -0.3 is 0 Å². The van der Waals surface area contributed by atoms with E-state index in [4.69, 9.17) is 4.84 Å². The van der Waals surface area contributed by atoms with Gasteiger partial charge in [0.2, 0.25) is 0 Å². The SMILES string of the molecule is CCN(CC)C(C)CONC(=O)c1ccc(S(C)(=O)=O)cc1. The van der Waals surface area contributed by atoms with Crippen molar-refractivity contribution in [2.75, 3.05) is 26.0 Å². The first-order valence-corrected chi connectivity index (χ1v) is 9.15. The average Bonchev–Trinajstić information content (AvgIpc) is 2.47. The maximum Gasteiger partial charge on any atom is 0.274 e. The van der Waals surface area contributed by atoms with E-state index in [1.165, 1.54) is 24.3 Å². The number of benzene rings is 1. The van der Waals surface area contributed by atoms with E-state index in [0.29, 0.717) is 12.2 Å². The summed E-state index contributed by atoms with van der Waals surface area (Å²) in [7, 11) is -3.26.